The maximum Gasteiger partial charge on any atom is 0.220 e. The van der Waals surface area contributed by atoms with Gasteiger partial charge >= 0.3 is 0 Å². The second-order valence-corrected chi connectivity index (χ2v) is 6.38. The number of amides is 1. The van der Waals surface area contributed by atoms with E-state index < -0.39 is 0 Å². The summed E-state index contributed by atoms with van der Waals surface area (Å²) >= 11 is 12.3. The highest BCUT2D eigenvalue weighted by molar-refractivity contribution is 6.43. The van der Waals surface area contributed by atoms with E-state index >= 15 is 0 Å². The molecule has 0 unspecified atom stereocenters. The summed E-state index contributed by atoms with van der Waals surface area (Å²) in [5, 5.41) is 3.92. The van der Waals surface area contributed by atoms with Crippen LogP contribution in [-0.4, -0.2) is 22.5 Å². The van der Waals surface area contributed by atoms with Crippen LogP contribution in [-0.2, 0) is 11.2 Å². The van der Waals surface area contributed by atoms with Gasteiger partial charge in [0, 0.05) is 23.9 Å². The first-order valence-corrected chi connectivity index (χ1v) is 8.55. The Kier molecular flexibility index (Phi) is 5.53. The van der Waals surface area contributed by atoms with Crippen LogP contribution in [0, 0.1) is 0 Å². The van der Waals surface area contributed by atoms with Gasteiger partial charge in [-0.1, -0.05) is 29.3 Å². The number of aryl methyl sites for hydroxylation is 1. The zero-order valence-electron chi connectivity index (χ0n) is 13.0. The molecular formula is C17H17Cl2N3O2. The molecule has 24 heavy (non-hydrogen) atoms. The molecule has 0 saturated heterocycles. The van der Waals surface area contributed by atoms with E-state index in [1.165, 1.54) is 6.33 Å². The predicted octanol–water partition coefficient (Wildman–Crippen LogP) is 3.75. The molecule has 126 valence electrons. The molecule has 3 rings (SSSR count). The van der Waals surface area contributed by atoms with Gasteiger partial charge in [-0.25, -0.2) is 9.97 Å². The van der Waals surface area contributed by atoms with Crippen molar-refractivity contribution in [1.82, 2.24) is 15.3 Å². The van der Waals surface area contributed by atoms with Gasteiger partial charge in [0.1, 0.15) is 17.1 Å². The largest absolute Gasteiger partial charge is 0.492 e. The Bertz CT molecular complexity index is 725. The van der Waals surface area contributed by atoms with E-state index in [0.29, 0.717) is 35.2 Å². The number of carbonyl (C=O) groups is 1. The Labute approximate surface area is 150 Å². The monoisotopic (exact) mass is 365 g/mol. The van der Waals surface area contributed by atoms with Crippen LogP contribution in [0.2, 0.25) is 10.0 Å². The first-order valence-electron chi connectivity index (χ1n) is 7.80. The van der Waals surface area contributed by atoms with Crippen LogP contribution in [0.1, 0.15) is 36.6 Å². The van der Waals surface area contributed by atoms with Crippen molar-refractivity contribution in [2.24, 2.45) is 0 Å². The van der Waals surface area contributed by atoms with E-state index in [4.69, 9.17) is 27.9 Å². The fourth-order valence-electron chi connectivity index (χ4n) is 2.71. The number of nitrogens with one attached hydrogen (secondary N) is 1. The lowest BCUT2D eigenvalue weighted by atomic mass is 10.0. The minimum absolute atomic E-state index is 0.0301. The topological polar surface area (TPSA) is 64.1 Å². The Morgan fingerprint density at radius 1 is 1.33 bits per heavy atom. The van der Waals surface area contributed by atoms with Crippen LogP contribution in [0.15, 0.2) is 30.7 Å². The lowest BCUT2D eigenvalue weighted by Gasteiger charge is -2.19. The molecule has 1 aromatic heterocycles. The smallest absolute Gasteiger partial charge is 0.220 e. The third-order valence-electron chi connectivity index (χ3n) is 3.93. The minimum atomic E-state index is -0.129. The van der Waals surface area contributed by atoms with Crippen LogP contribution >= 0.6 is 23.2 Å². The third-order valence-corrected chi connectivity index (χ3v) is 4.71. The SMILES string of the molecule is O=C(CCc1ccncn1)N[C@@H]1CCCOc2c1ccc(Cl)c2Cl. The number of hydrogen-bond donors (Lipinski definition) is 1. The first kappa shape index (κ1) is 17.0. The number of benzene rings is 1. The number of nitrogens with zero attached hydrogens (tertiary/aromatic N) is 2. The van der Waals surface area contributed by atoms with E-state index in [1.54, 1.807) is 12.3 Å². The molecule has 1 amide bonds. The summed E-state index contributed by atoms with van der Waals surface area (Å²) in [7, 11) is 0. The molecule has 0 saturated carbocycles. The number of fused-ring (bicyclic) bond motifs is 1. The zero-order valence-corrected chi connectivity index (χ0v) is 14.5. The van der Waals surface area contributed by atoms with Crippen LogP contribution in [0.5, 0.6) is 5.75 Å². The average Bonchev–Trinajstić information content (AvgIpc) is 2.80. The van der Waals surface area contributed by atoms with E-state index in [2.05, 4.69) is 15.3 Å². The van der Waals surface area contributed by atoms with Gasteiger partial charge in [0.25, 0.3) is 0 Å². The van der Waals surface area contributed by atoms with E-state index in [1.807, 2.05) is 12.1 Å². The van der Waals surface area contributed by atoms with Gasteiger partial charge < -0.3 is 10.1 Å². The summed E-state index contributed by atoms with van der Waals surface area (Å²) < 4.78 is 5.72. The summed E-state index contributed by atoms with van der Waals surface area (Å²) in [6.07, 6.45) is 5.73. The van der Waals surface area contributed by atoms with Crippen molar-refractivity contribution in [3.63, 3.8) is 0 Å². The van der Waals surface area contributed by atoms with Crippen LogP contribution in [0.3, 0.4) is 0 Å². The van der Waals surface area contributed by atoms with Crippen molar-refractivity contribution in [3.8, 4) is 5.75 Å². The number of rotatable bonds is 4. The molecule has 2 heterocycles. The molecule has 0 aliphatic carbocycles. The molecule has 1 atom stereocenters. The highest BCUT2D eigenvalue weighted by Gasteiger charge is 2.24. The highest BCUT2D eigenvalue weighted by Crippen LogP contribution is 2.40. The summed E-state index contributed by atoms with van der Waals surface area (Å²) in [5.41, 5.74) is 1.72. The van der Waals surface area contributed by atoms with E-state index in [-0.39, 0.29) is 11.9 Å². The van der Waals surface area contributed by atoms with Gasteiger partial charge in [-0.15, -0.1) is 0 Å². The van der Waals surface area contributed by atoms with Crippen molar-refractivity contribution < 1.29 is 9.53 Å². The molecule has 2 aromatic rings. The normalized spacial score (nSPS) is 16.7. The number of aromatic nitrogens is 2. The van der Waals surface area contributed by atoms with Crippen LogP contribution < -0.4 is 10.1 Å². The number of carbonyl (C=O) groups excluding carboxylic acids is 1. The van der Waals surface area contributed by atoms with Crippen molar-refractivity contribution in [2.45, 2.75) is 31.7 Å². The molecule has 0 fully saturated rings. The van der Waals surface area contributed by atoms with Gasteiger partial charge in [-0.3, -0.25) is 4.79 Å². The molecule has 1 aliphatic heterocycles. The minimum Gasteiger partial charge on any atom is -0.492 e. The van der Waals surface area contributed by atoms with Crippen molar-refractivity contribution in [1.29, 1.82) is 0 Å². The summed E-state index contributed by atoms with van der Waals surface area (Å²) in [6, 6.07) is 5.28. The Morgan fingerprint density at radius 2 is 2.21 bits per heavy atom. The lowest BCUT2D eigenvalue weighted by Crippen LogP contribution is -2.28. The quantitative estimate of drug-likeness (QED) is 0.895. The fraction of sp³-hybridized carbons (Fsp3) is 0.353. The third kappa shape index (κ3) is 3.97. The summed E-state index contributed by atoms with van der Waals surface area (Å²) in [5.74, 6) is 0.542. The van der Waals surface area contributed by atoms with Gasteiger partial charge in [0.15, 0.2) is 0 Å². The van der Waals surface area contributed by atoms with Crippen LogP contribution in [0.25, 0.3) is 0 Å². The molecule has 1 aliphatic rings. The molecule has 0 bridgehead atoms. The van der Waals surface area contributed by atoms with E-state index in [9.17, 15) is 4.79 Å². The average molecular weight is 366 g/mol. The number of hydrogen-bond acceptors (Lipinski definition) is 4. The molecule has 5 nitrogen and oxygen atoms in total. The maximum atomic E-state index is 12.3. The Balaban J connectivity index is 1.69. The number of halogens is 2. The fourth-order valence-corrected chi connectivity index (χ4v) is 3.08. The van der Waals surface area contributed by atoms with Crippen molar-refractivity contribution >= 4 is 29.1 Å². The van der Waals surface area contributed by atoms with Crippen molar-refractivity contribution in [3.05, 3.63) is 52.0 Å². The van der Waals surface area contributed by atoms with Crippen LogP contribution in [0.4, 0.5) is 0 Å². The predicted molar refractivity (Wildman–Crippen MR) is 92.4 cm³/mol. The van der Waals surface area contributed by atoms with Gasteiger partial charge in [-0.2, -0.15) is 0 Å². The highest BCUT2D eigenvalue weighted by atomic mass is 35.5. The maximum absolute atomic E-state index is 12.3. The summed E-state index contributed by atoms with van der Waals surface area (Å²) in [6.45, 7) is 0.556. The van der Waals surface area contributed by atoms with Gasteiger partial charge in [0.2, 0.25) is 5.91 Å². The van der Waals surface area contributed by atoms with Crippen molar-refractivity contribution in [2.75, 3.05) is 6.61 Å². The van der Waals surface area contributed by atoms with Gasteiger partial charge in [0.05, 0.1) is 17.7 Å². The molecule has 1 aromatic carbocycles. The zero-order chi connectivity index (χ0) is 16.9. The second-order valence-electron chi connectivity index (χ2n) is 5.59. The Hall–Kier alpha value is -1.85. The standard InChI is InChI=1S/C17H17Cl2N3O2/c18-13-5-4-12-14(2-1-9-24-17(12)16(13)19)22-15(23)6-3-11-7-8-20-10-21-11/h4-5,7-8,10,14H,1-3,6,9H2,(H,22,23)/t14-/m1/s1. The molecule has 0 spiro atoms. The number of ether oxygens (including phenoxy) is 1. The van der Waals surface area contributed by atoms with E-state index in [0.717, 1.165) is 24.1 Å². The lowest BCUT2D eigenvalue weighted by molar-refractivity contribution is -0.121. The first-order chi connectivity index (χ1) is 11.6. The molecular weight excluding hydrogens is 349 g/mol. The molecule has 0 radical (unpaired) electrons. The molecule has 1 N–H and O–H groups in total. The van der Waals surface area contributed by atoms with Gasteiger partial charge in [-0.05, 0) is 31.4 Å². The summed E-state index contributed by atoms with van der Waals surface area (Å²) in [4.78, 5) is 20.3. The molecule has 7 heteroatoms. The Morgan fingerprint density at radius 3 is 3.00 bits per heavy atom. The second kappa shape index (κ2) is 7.81.